The average molecular weight is 239 g/mol. The van der Waals surface area contributed by atoms with Gasteiger partial charge in [-0.2, -0.15) is 0 Å². The lowest BCUT2D eigenvalue weighted by Crippen LogP contribution is -2.33. The average Bonchev–Trinajstić information content (AvgIpc) is 2.33. The van der Waals surface area contributed by atoms with Crippen LogP contribution in [0.4, 0.5) is 0 Å². The monoisotopic (exact) mass is 239 g/mol. The molecule has 0 amide bonds. The standard InChI is InChI=1S/C16H33N/c1-3-4-5-6-7-8-12-16(17)15-11-9-10-14(2)13-15/h14-16H,3-13,17H2,1-2H3. The summed E-state index contributed by atoms with van der Waals surface area (Å²) < 4.78 is 0. The van der Waals surface area contributed by atoms with E-state index in [-0.39, 0.29) is 0 Å². The third-order valence-electron chi connectivity index (χ3n) is 4.47. The number of nitrogens with two attached hydrogens (primary N) is 1. The van der Waals surface area contributed by atoms with Gasteiger partial charge in [0.15, 0.2) is 0 Å². The largest absolute Gasteiger partial charge is 0.327 e. The van der Waals surface area contributed by atoms with Gasteiger partial charge in [-0.3, -0.25) is 0 Å². The van der Waals surface area contributed by atoms with Crippen molar-refractivity contribution in [2.45, 2.75) is 90.5 Å². The molecule has 3 atom stereocenters. The summed E-state index contributed by atoms with van der Waals surface area (Å²) in [7, 11) is 0. The maximum absolute atomic E-state index is 6.35. The summed E-state index contributed by atoms with van der Waals surface area (Å²) in [4.78, 5) is 0. The Balaban J connectivity index is 2.02. The molecule has 2 N–H and O–H groups in total. The fourth-order valence-electron chi connectivity index (χ4n) is 3.27. The van der Waals surface area contributed by atoms with E-state index in [1.807, 2.05) is 0 Å². The highest BCUT2D eigenvalue weighted by atomic mass is 14.6. The fraction of sp³-hybridized carbons (Fsp3) is 1.00. The predicted octanol–water partition coefficient (Wildman–Crippen LogP) is 4.89. The topological polar surface area (TPSA) is 26.0 Å². The van der Waals surface area contributed by atoms with Gasteiger partial charge in [0.25, 0.3) is 0 Å². The molecule has 0 radical (unpaired) electrons. The van der Waals surface area contributed by atoms with Crippen LogP contribution >= 0.6 is 0 Å². The van der Waals surface area contributed by atoms with E-state index in [2.05, 4.69) is 13.8 Å². The van der Waals surface area contributed by atoms with Gasteiger partial charge in [-0.1, -0.05) is 65.2 Å². The lowest BCUT2D eigenvalue weighted by molar-refractivity contribution is 0.237. The van der Waals surface area contributed by atoms with Gasteiger partial charge in [0.1, 0.15) is 0 Å². The Morgan fingerprint density at radius 2 is 1.76 bits per heavy atom. The van der Waals surface area contributed by atoms with Crippen LogP contribution in [0.3, 0.4) is 0 Å². The molecule has 1 aliphatic rings. The molecule has 1 saturated carbocycles. The smallest absolute Gasteiger partial charge is 0.00672 e. The minimum absolute atomic E-state index is 0.490. The predicted molar refractivity (Wildman–Crippen MR) is 77.1 cm³/mol. The van der Waals surface area contributed by atoms with Crippen LogP contribution in [0.25, 0.3) is 0 Å². The van der Waals surface area contributed by atoms with Crippen molar-refractivity contribution in [1.82, 2.24) is 0 Å². The normalized spacial score (nSPS) is 27.0. The van der Waals surface area contributed by atoms with Gasteiger partial charge in [0, 0.05) is 6.04 Å². The van der Waals surface area contributed by atoms with Crippen LogP contribution < -0.4 is 5.73 Å². The molecule has 1 heteroatoms. The number of hydrogen-bond acceptors (Lipinski definition) is 1. The Morgan fingerprint density at radius 3 is 2.47 bits per heavy atom. The summed E-state index contributed by atoms with van der Waals surface area (Å²) in [5.41, 5.74) is 6.35. The zero-order valence-electron chi connectivity index (χ0n) is 12.1. The summed E-state index contributed by atoms with van der Waals surface area (Å²) in [5.74, 6) is 1.75. The molecule has 1 aliphatic carbocycles. The summed E-state index contributed by atoms with van der Waals surface area (Å²) in [6, 6.07) is 0.490. The molecule has 0 aromatic heterocycles. The fourth-order valence-corrected chi connectivity index (χ4v) is 3.27. The number of hydrogen-bond donors (Lipinski definition) is 1. The van der Waals surface area contributed by atoms with Crippen LogP contribution in [-0.2, 0) is 0 Å². The molecule has 0 saturated heterocycles. The third-order valence-corrected chi connectivity index (χ3v) is 4.47. The molecular formula is C16H33N. The van der Waals surface area contributed by atoms with Gasteiger partial charge in [0.05, 0.1) is 0 Å². The maximum atomic E-state index is 6.35. The van der Waals surface area contributed by atoms with Crippen molar-refractivity contribution in [3.63, 3.8) is 0 Å². The molecule has 1 fully saturated rings. The third kappa shape index (κ3) is 6.45. The first-order valence-electron chi connectivity index (χ1n) is 7.99. The van der Waals surface area contributed by atoms with Gasteiger partial charge >= 0.3 is 0 Å². The van der Waals surface area contributed by atoms with Gasteiger partial charge in [-0.05, 0) is 31.1 Å². The summed E-state index contributed by atoms with van der Waals surface area (Å²) in [6.45, 7) is 4.67. The van der Waals surface area contributed by atoms with E-state index in [0.29, 0.717) is 6.04 Å². The van der Waals surface area contributed by atoms with Gasteiger partial charge in [-0.15, -0.1) is 0 Å². The van der Waals surface area contributed by atoms with Crippen LogP contribution in [0.2, 0.25) is 0 Å². The molecule has 0 aromatic rings. The number of unbranched alkanes of at least 4 members (excludes halogenated alkanes) is 5. The van der Waals surface area contributed by atoms with Crippen LogP contribution in [0.1, 0.15) is 84.5 Å². The molecule has 0 heterocycles. The Kier molecular flexibility index (Phi) is 7.92. The molecule has 3 unspecified atom stereocenters. The second kappa shape index (κ2) is 8.97. The lowest BCUT2D eigenvalue weighted by atomic mass is 9.77. The van der Waals surface area contributed by atoms with E-state index in [1.54, 1.807) is 0 Å². The summed E-state index contributed by atoms with van der Waals surface area (Å²) in [6.07, 6.45) is 15.2. The molecule has 1 rings (SSSR count). The van der Waals surface area contributed by atoms with Crippen molar-refractivity contribution in [3.8, 4) is 0 Å². The highest BCUT2D eigenvalue weighted by molar-refractivity contribution is 4.79. The molecule has 0 bridgehead atoms. The second-order valence-corrected chi connectivity index (χ2v) is 6.25. The van der Waals surface area contributed by atoms with E-state index in [0.717, 1.165) is 11.8 Å². The molecule has 0 aliphatic heterocycles. The molecule has 102 valence electrons. The minimum Gasteiger partial charge on any atom is -0.327 e. The van der Waals surface area contributed by atoms with Crippen molar-refractivity contribution in [2.24, 2.45) is 17.6 Å². The highest BCUT2D eigenvalue weighted by Gasteiger charge is 2.23. The number of rotatable bonds is 8. The summed E-state index contributed by atoms with van der Waals surface area (Å²) in [5, 5.41) is 0. The Hall–Kier alpha value is -0.0400. The quantitative estimate of drug-likeness (QED) is 0.600. The second-order valence-electron chi connectivity index (χ2n) is 6.25. The van der Waals surface area contributed by atoms with Crippen molar-refractivity contribution in [1.29, 1.82) is 0 Å². The van der Waals surface area contributed by atoms with Crippen LogP contribution in [0.15, 0.2) is 0 Å². The molecule has 0 spiro atoms. The molecule has 17 heavy (non-hydrogen) atoms. The Morgan fingerprint density at radius 1 is 1.06 bits per heavy atom. The van der Waals surface area contributed by atoms with Crippen molar-refractivity contribution in [3.05, 3.63) is 0 Å². The molecular weight excluding hydrogens is 206 g/mol. The van der Waals surface area contributed by atoms with E-state index in [4.69, 9.17) is 5.73 Å². The zero-order valence-corrected chi connectivity index (χ0v) is 12.1. The van der Waals surface area contributed by atoms with Crippen LogP contribution in [0.5, 0.6) is 0 Å². The zero-order chi connectivity index (χ0) is 12.5. The summed E-state index contributed by atoms with van der Waals surface area (Å²) >= 11 is 0. The van der Waals surface area contributed by atoms with Gasteiger partial charge in [0.2, 0.25) is 0 Å². The highest BCUT2D eigenvalue weighted by Crippen LogP contribution is 2.31. The molecule has 0 aromatic carbocycles. The van der Waals surface area contributed by atoms with Crippen molar-refractivity contribution < 1.29 is 0 Å². The van der Waals surface area contributed by atoms with Crippen molar-refractivity contribution >= 4 is 0 Å². The van der Waals surface area contributed by atoms with Crippen LogP contribution in [-0.4, -0.2) is 6.04 Å². The van der Waals surface area contributed by atoms with Crippen molar-refractivity contribution in [2.75, 3.05) is 0 Å². The van der Waals surface area contributed by atoms with E-state index in [9.17, 15) is 0 Å². The van der Waals surface area contributed by atoms with E-state index < -0.39 is 0 Å². The van der Waals surface area contributed by atoms with Gasteiger partial charge < -0.3 is 5.73 Å². The lowest BCUT2D eigenvalue weighted by Gasteiger charge is -2.31. The minimum atomic E-state index is 0.490. The Labute approximate surface area is 109 Å². The first kappa shape index (κ1) is 15.0. The maximum Gasteiger partial charge on any atom is 0.00672 e. The SMILES string of the molecule is CCCCCCCCC(N)C1CCCC(C)C1. The van der Waals surface area contributed by atoms with Gasteiger partial charge in [-0.25, -0.2) is 0 Å². The Bertz CT molecular complexity index is 178. The van der Waals surface area contributed by atoms with E-state index in [1.165, 1.54) is 70.6 Å². The first-order valence-corrected chi connectivity index (χ1v) is 7.99. The first-order chi connectivity index (χ1) is 8.24. The van der Waals surface area contributed by atoms with Crippen LogP contribution in [0, 0.1) is 11.8 Å². The van der Waals surface area contributed by atoms with E-state index >= 15 is 0 Å². The molecule has 1 nitrogen and oxygen atoms in total.